The van der Waals surface area contributed by atoms with E-state index in [-0.39, 0.29) is 24.8 Å². The van der Waals surface area contributed by atoms with Crippen molar-refractivity contribution in [3.63, 3.8) is 0 Å². The molecule has 1 aliphatic carbocycles. The van der Waals surface area contributed by atoms with Gasteiger partial charge in [-0.25, -0.2) is 9.97 Å². The number of piperazine rings is 1. The Hall–Kier alpha value is -2.71. The lowest BCUT2D eigenvalue weighted by molar-refractivity contribution is -0.140. The second-order valence-electron chi connectivity index (χ2n) is 6.24. The number of hydrogen-bond acceptors (Lipinski definition) is 6. The van der Waals surface area contributed by atoms with Crippen LogP contribution in [-0.4, -0.2) is 70.5 Å². The minimum absolute atomic E-state index is 0.0143. The number of nitrogens with one attached hydrogen (secondary N) is 1. The Kier molecular flexibility index (Phi) is 5.11. The lowest BCUT2D eigenvalue weighted by atomic mass is 10.2. The van der Waals surface area contributed by atoms with Crippen LogP contribution in [0.25, 0.3) is 0 Å². The van der Waals surface area contributed by atoms with Crippen LogP contribution in [0.15, 0.2) is 18.5 Å². The highest BCUT2D eigenvalue weighted by atomic mass is 16.4. The lowest BCUT2D eigenvalue weighted by Gasteiger charge is -2.34. The van der Waals surface area contributed by atoms with Gasteiger partial charge in [-0.15, -0.1) is 0 Å². The van der Waals surface area contributed by atoms with E-state index in [9.17, 15) is 14.4 Å². The zero-order valence-electron chi connectivity index (χ0n) is 13.8. The molecule has 1 aromatic rings. The number of carbonyl (C=O) groups excluding carboxylic acids is 2. The molecule has 1 aliphatic heterocycles. The molecule has 2 unspecified atom stereocenters. The molecule has 2 aliphatic rings. The fraction of sp³-hybridized carbons (Fsp3) is 0.562. The van der Waals surface area contributed by atoms with Crippen LogP contribution in [0.4, 0.5) is 5.95 Å². The molecule has 1 saturated carbocycles. The Labute approximate surface area is 145 Å². The van der Waals surface area contributed by atoms with Crippen LogP contribution in [0.5, 0.6) is 0 Å². The summed E-state index contributed by atoms with van der Waals surface area (Å²) in [5, 5.41) is 11.5. The zero-order chi connectivity index (χ0) is 17.8. The van der Waals surface area contributed by atoms with Crippen molar-refractivity contribution in [2.45, 2.75) is 12.8 Å². The smallest absolute Gasteiger partial charge is 0.307 e. The summed E-state index contributed by atoms with van der Waals surface area (Å²) in [7, 11) is 0. The van der Waals surface area contributed by atoms with E-state index >= 15 is 0 Å². The molecule has 2 atom stereocenters. The lowest BCUT2D eigenvalue weighted by Crippen LogP contribution is -2.49. The van der Waals surface area contributed by atoms with Crippen molar-refractivity contribution in [2.75, 3.05) is 37.6 Å². The van der Waals surface area contributed by atoms with Gasteiger partial charge in [0, 0.05) is 51.5 Å². The summed E-state index contributed by atoms with van der Waals surface area (Å²) in [5.74, 6) is -1.56. The average Bonchev–Trinajstić information content (AvgIpc) is 3.43. The molecule has 0 spiro atoms. The molecule has 1 saturated heterocycles. The number of carboxylic acid groups (broad SMARTS) is 1. The normalized spacial score (nSPS) is 22.4. The molecule has 0 bridgehead atoms. The first-order valence-corrected chi connectivity index (χ1v) is 8.36. The van der Waals surface area contributed by atoms with Gasteiger partial charge in [-0.3, -0.25) is 14.4 Å². The van der Waals surface area contributed by atoms with Gasteiger partial charge in [0.15, 0.2) is 0 Å². The maximum Gasteiger partial charge on any atom is 0.307 e. The van der Waals surface area contributed by atoms with Gasteiger partial charge in [-0.1, -0.05) is 0 Å². The second kappa shape index (κ2) is 7.45. The third-order valence-corrected chi connectivity index (χ3v) is 4.55. The number of hydrogen-bond donors (Lipinski definition) is 2. The monoisotopic (exact) mass is 347 g/mol. The Morgan fingerprint density at radius 3 is 2.40 bits per heavy atom. The maximum atomic E-state index is 12.2. The van der Waals surface area contributed by atoms with E-state index in [0.717, 1.165) is 0 Å². The van der Waals surface area contributed by atoms with E-state index in [4.69, 9.17) is 5.11 Å². The van der Waals surface area contributed by atoms with Crippen molar-refractivity contribution in [1.82, 2.24) is 20.2 Å². The van der Waals surface area contributed by atoms with Crippen molar-refractivity contribution in [2.24, 2.45) is 11.8 Å². The Morgan fingerprint density at radius 2 is 1.80 bits per heavy atom. The highest BCUT2D eigenvalue weighted by molar-refractivity contribution is 5.89. The topological polar surface area (TPSA) is 116 Å². The van der Waals surface area contributed by atoms with Crippen LogP contribution in [0, 0.1) is 11.8 Å². The van der Waals surface area contributed by atoms with Crippen LogP contribution in [0.2, 0.25) is 0 Å². The summed E-state index contributed by atoms with van der Waals surface area (Å²) < 4.78 is 0. The summed E-state index contributed by atoms with van der Waals surface area (Å²) in [6.45, 7) is 2.76. The van der Waals surface area contributed by atoms with E-state index in [2.05, 4.69) is 15.3 Å². The molecular weight excluding hydrogens is 326 g/mol. The number of rotatable bonds is 6. The Morgan fingerprint density at radius 1 is 1.12 bits per heavy atom. The molecule has 9 nitrogen and oxygen atoms in total. The zero-order valence-corrected chi connectivity index (χ0v) is 13.8. The fourth-order valence-electron chi connectivity index (χ4n) is 2.95. The minimum atomic E-state index is -0.934. The van der Waals surface area contributed by atoms with Crippen LogP contribution >= 0.6 is 0 Å². The van der Waals surface area contributed by atoms with Gasteiger partial charge in [-0.2, -0.15) is 0 Å². The highest BCUT2D eigenvalue weighted by Crippen LogP contribution is 2.38. The van der Waals surface area contributed by atoms with Crippen molar-refractivity contribution in [3.05, 3.63) is 18.5 Å². The molecule has 1 aromatic heterocycles. The van der Waals surface area contributed by atoms with Gasteiger partial charge in [0.1, 0.15) is 0 Å². The molecule has 0 radical (unpaired) electrons. The van der Waals surface area contributed by atoms with Crippen molar-refractivity contribution in [1.29, 1.82) is 0 Å². The third kappa shape index (κ3) is 4.23. The van der Waals surface area contributed by atoms with Gasteiger partial charge in [0.2, 0.25) is 17.8 Å². The Bertz CT molecular complexity index is 645. The second-order valence-corrected chi connectivity index (χ2v) is 6.24. The molecule has 2 fully saturated rings. The van der Waals surface area contributed by atoms with Crippen LogP contribution < -0.4 is 10.2 Å². The summed E-state index contributed by atoms with van der Waals surface area (Å²) >= 11 is 0. The molecule has 9 heteroatoms. The molecule has 2 heterocycles. The van der Waals surface area contributed by atoms with Gasteiger partial charge < -0.3 is 20.2 Å². The van der Waals surface area contributed by atoms with Crippen LogP contribution in [0.1, 0.15) is 12.8 Å². The van der Waals surface area contributed by atoms with Crippen LogP contribution in [0.3, 0.4) is 0 Å². The number of anilines is 1. The van der Waals surface area contributed by atoms with E-state index in [1.165, 1.54) is 0 Å². The van der Waals surface area contributed by atoms with Crippen molar-refractivity contribution < 1.29 is 19.5 Å². The minimum Gasteiger partial charge on any atom is -0.481 e. The number of amides is 2. The third-order valence-electron chi connectivity index (χ3n) is 4.55. The number of nitrogens with zero attached hydrogens (tertiary/aromatic N) is 4. The van der Waals surface area contributed by atoms with E-state index in [1.807, 2.05) is 4.90 Å². The van der Waals surface area contributed by atoms with E-state index < -0.39 is 17.8 Å². The number of aliphatic carboxylic acids is 1. The summed E-state index contributed by atoms with van der Waals surface area (Å²) in [5.41, 5.74) is 0. The van der Waals surface area contributed by atoms with Crippen molar-refractivity contribution in [3.8, 4) is 0 Å². The predicted molar refractivity (Wildman–Crippen MR) is 87.7 cm³/mol. The first-order chi connectivity index (χ1) is 12.1. The molecular formula is C16H21N5O4. The van der Waals surface area contributed by atoms with E-state index in [0.29, 0.717) is 38.5 Å². The molecule has 2 N–H and O–H groups in total. The number of carboxylic acids is 1. The average molecular weight is 347 g/mol. The summed E-state index contributed by atoms with van der Waals surface area (Å²) in [6.07, 6.45) is 3.99. The first-order valence-electron chi connectivity index (χ1n) is 8.36. The largest absolute Gasteiger partial charge is 0.481 e. The SMILES string of the molecule is O=C(O)C1CC1C(=O)NCCC(=O)N1CCN(c2ncccn2)CC1. The standard InChI is InChI=1S/C16H21N5O4/c22-13(2-5-17-14(23)11-10-12(11)15(24)25)20-6-8-21(9-7-20)16-18-3-1-4-19-16/h1,3-4,11-12H,2,5-10H2,(H,17,23)(H,24,25). The van der Waals surface area contributed by atoms with Gasteiger partial charge in [0.25, 0.3) is 0 Å². The first kappa shape index (κ1) is 17.1. The van der Waals surface area contributed by atoms with Gasteiger partial charge in [0.05, 0.1) is 11.8 Å². The maximum absolute atomic E-state index is 12.2. The molecule has 2 amide bonds. The summed E-state index contributed by atoms with van der Waals surface area (Å²) in [4.78, 5) is 46.9. The highest BCUT2D eigenvalue weighted by Gasteiger charge is 2.48. The number of aromatic nitrogens is 2. The molecule has 25 heavy (non-hydrogen) atoms. The molecule has 134 valence electrons. The summed E-state index contributed by atoms with van der Waals surface area (Å²) in [6, 6.07) is 1.76. The van der Waals surface area contributed by atoms with Crippen molar-refractivity contribution >= 4 is 23.7 Å². The van der Waals surface area contributed by atoms with Crippen LogP contribution in [-0.2, 0) is 14.4 Å². The molecule has 0 aromatic carbocycles. The molecule has 3 rings (SSSR count). The van der Waals surface area contributed by atoms with Gasteiger partial charge in [-0.05, 0) is 12.5 Å². The number of carbonyl (C=O) groups is 3. The quantitative estimate of drug-likeness (QED) is 0.702. The predicted octanol–water partition coefficient (Wildman–Crippen LogP) is -0.648. The van der Waals surface area contributed by atoms with E-state index in [1.54, 1.807) is 23.4 Å². The van der Waals surface area contributed by atoms with Gasteiger partial charge >= 0.3 is 5.97 Å². The Balaban J connectivity index is 1.36. The fourth-order valence-corrected chi connectivity index (χ4v) is 2.95.